The molecule has 0 bridgehead atoms. The first-order valence-corrected chi connectivity index (χ1v) is 6.18. The fourth-order valence-corrected chi connectivity index (χ4v) is 2.50. The third-order valence-electron chi connectivity index (χ3n) is 3.51. The molecular weight excluding hydrogens is 226 g/mol. The Kier molecular flexibility index (Phi) is 2.76. The largest absolute Gasteiger partial charge is 0.396 e. The molecule has 0 saturated carbocycles. The Morgan fingerprint density at radius 1 is 1.17 bits per heavy atom. The molecule has 2 aromatic carbocycles. The monoisotopic (exact) mass is 241 g/mol. The van der Waals surface area contributed by atoms with Gasteiger partial charge in [-0.1, -0.05) is 30.3 Å². The summed E-state index contributed by atoms with van der Waals surface area (Å²) in [6.07, 6.45) is 0.448. The molecule has 18 heavy (non-hydrogen) atoms. The first-order valence-electron chi connectivity index (χ1n) is 6.18. The molecule has 2 aromatic rings. The van der Waals surface area contributed by atoms with E-state index in [9.17, 15) is 4.79 Å². The Bertz CT molecular complexity index is 594. The minimum Gasteiger partial charge on any atom is -0.396 e. The van der Waals surface area contributed by atoms with E-state index in [0.29, 0.717) is 13.0 Å². The molecule has 1 aliphatic heterocycles. The Morgan fingerprint density at radius 2 is 1.94 bits per heavy atom. The maximum atomic E-state index is 11.9. The lowest BCUT2D eigenvalue weighted by Gasteiger charge is -2.17. The summed E-state index contributed by atoms with van der Waals surface area (Å²) in [6, 6.07) is 14.1. The van der Waals surface area contributed by atoms with Gasteiger partial charge in [0.2, 0.25) is 5.91 Å². The van der Waals surface area contributed by atoms with E-state index in [1.54, 1.807) is 4.90 Å². The lowest BCUT2D eigenvalue weighted by molar-refractivity contribution is -0.117. The zero-order valence-corrected chi connectivity index (χ0v) is 10.0. The molecule has 0 aliphatic carbocycles. The van der Waals surface area contributed by atoms with Gasteiger partial charge in [-0.05, 0) is 22.9 Å². The molecule has 3 rings (SSSR count). The topological polar surface area (TPSA) is 40.5 Å². The van der Waals surface area contributed by atoms with Crippen molar-refractivity contribution in [3.05, 3.63) is 42.5 Å². The van der Waals surface area contributed by atoms with Crippen molar-refractivity contribution in [1.82, 2.24) is 0 Å². The lowest BCUT2D eigenvalue weighted by Crippen LogP contribution is -2.24. The van der Waals surface area contributed by atoms with E-state index in [1.807, 2.05) is 36.4 Å². The van der Waals surface area contributed by atoms with Crippen LogP contribution in [0.15, 0.2) is 42.5 Å². The van der Waals surface area contributed by atoms with Gasteiger partial charge in [0.25, 0.3) is 0 Å². The first kappa shape index (κ1) is 11.2. The number of anilines is 1. The van der Waals surface area contributed by atoms with Crippen LogP contribution in [0.25, 0.3) is 10.8 Å². The predicted octanol–water partition coefficient (Wildman–Crippen LogP) is 2.18. The van der Waals surface area contributed by atoms with Gasteiger partial charge in [-0.2, -0.15) is 0 Å². The molecule has 1 fully saturated rings. The number of benzene rings is 2. The first-order chi connectivity index (χ1) is 8.78. The van der Waals surface area contributed by atoms with Crippen LogP contribution >= 0.6 is 0 Å². The summed E-state index contributed by atoms with van der Waals surface area (Å²) in [4.78, 5) is 13.7. The van der Waals surface area contributed by atoms with Gasteiger partial charge in [0.05, 0.1) is 0 Å². The zero-order valence-electron chi connectivity index (χ0n) is 10.0. The Hall–Kier alpha value is -1.87. The molecule has 1 saturated heterocycles. The van der Waals surface area contributed by atoms with Crippen molar-refractivity contribution in [2.45, 2.75) is 6.42 Å². The molecule has 0 radical (unpaired) electrons. The van der Waals surface area contributed by atoms with Gasteiger partial charge in [-0.25, -0.2) is 0 Å². The van der Waals surface area contributed by atoms with Gasteiger partial charge in [-0.15, -0.1) is 0 Å². The Balaban J connectivity index is 1.97. The Morgan fingerprint density at radius 3 is 2.67 bits per heavy atom. The van der Waals surface area contributed by atoms with Crippen molar-refractivity contribution < 1.29 is 9.90 Å². The molecule has 0 aromatic heterocycles. The summed E-state index contributed by atoms with van der Waals surface area (Å²) in [5.41, 5.74) is 0.926. The summed E-state index contributed by atoms with van der Waals surface area (Å²) < 4.78 is 0. The third-order valence-corrected chi connectivity index (χ3v) is 3.51. The highest BCUT2D eigenvalue weighted by molar-refractivity contribution is 5.98. The molecule has 1 unspecified atom stereocenters. The van der Waals surface area contributed by atoms with Gasteiger partial charge < -0.3 is 10.0 Å². The number of hydrogen-bond acceptors (Lipinski definition) is 2. The summed E-state index contributed by atoms with van der Waals surface area (Å²) in [7, 11) is 0. The quantitative estimate of drug-likeness (QED) is 0.875. The average molecular weight is 241 g/mol. The van der Waals surface area contributed by atoms with E-state index >= 15 is 0 Å². The van der Waals surface area contributed by atoms with Crippen LogP contribution in [0.2, 0.25) is 0 Å². The number of carbonyl (C=O) groups is 1. The molecule has 92 valence electrons. The van der Waals surface area contributed by atoms with Crippen molar-refractivity contribution in [2.75, 3.05) is 18.1 Å². The van der Waals surface area contributed by atoms with Crippen LogP contribution in [0.4, 0.5) is 5.69 Å². The van der Waals surface area contributed by atoms with Crippen LogP contribution in [0.3, 0.4) is 0 Å². The minimum absolute atomic E-state index is 0.0731. The van der Waals surface area contributed by atoms with Crippen molar-refractivity contribution in [3.63, 3.8) is 0 Å². The van der Waals surface area contributed by atoms with Crippen molar-refractivity contribution >= 4 is 22.4 Å². The predicted molar refractivity (Wildman–Crippen MR) is 71.5 cm³/mol. The number of fused-ring (bicyclic) bond motifs is 1. The molecule has 1 heterocycles. The number of hydrogen-bond donors (Lipinski definition) is 1. The number of nitrogens with zero attached hydrogens (tertiary/aromatic N) is 1. The van der Waals surface area contributed by atoms with E-state index in [-0.39, 0.29) is 18.4 Å². The average Bonchev–Trinajstić information content (AvgIpc) is 2.79. The van der Waals surface area contributed by atoms with Gasteiger partial charge in [0.1, 0.15) is 0 Å². The second kappa shape index (κ2) is 4.42. The summed E-state index contributed by atoms with van der Waals surface area (Å²) in [6.45, 7) is 0.698. The van der Waals surface area contributed by atoms with Crippen LogP contribution < -0.4 is 4.90 Å². The van der Waals surface area contributed by atoms with Gasteiger partial charge >= 0.3 is 0 Å². The highest BCUT2D eigenvalue weighted by Gasteiger charge is 2.29. The molecule has 3 heteroatoms. The number of aliphatic hydroxyl groups is 1. The third kappa shape index (κ3) is 1.87. The van der Waals surface area contributed by atoms with Crippen molar-refractivity contribution in [2.24, 2.45) is 5.92 Å². The maximum absolute atomic E-state index is 11.9. The molecule has 1 amide bonds. The van der Waals surface area contributed by atoms with Gasteiger partial charge in [0.15, 0.2) is 0 Å². The number of amides is 1. The van der Waals surface area contributed by atoms with E-state index in [1.165, 1.54) is 5.39 Å². The van der Waals surface area contributed by atoms with Gasteiger partial charge in [-0.3, -0.25) is 4.79 Å². The smallest absolute Gasteiger partial charge is 0.227 e. The van der Waals surface area contributed by atoms with Crippen LogP contribution in [-0.4, -0.2) is 24.2 Å². The van der Waals surface area contributed by atoms with E-state index in [4.69, 9.17) is 5.11 Å². The number of carbonyl (C=O) groups excluding carboxylic acids is 1. The summed E-state index contributed by atoms with van der Waals surface area (Å²) in [5.74, 6) is 0.174. The second-order valence-corrected chi connectivity index (χ2v) is 4.79. The van der Waals surface area contributed by atoms with Crippen molar-refractivity contribution in [3.8, 4) is 0 Å². The molecule has 1 atom stereocenters. The standard InChI is InChI=1S/C15H15NO2/c17-10-11-7-15(18)16(9-11)14-6-5-12-3-1-2-4-13(12)8-14/h1-6,8,11,17H,7,9-10H2. The second-order valence-electron chi connectivity index (χ2n) is 4.79. The zero-order chi connectivity index (χ0) is 12.5. The summed E-state index contributed by atoms with van der Waals surface area (Å²) in [5, 5.41) is 11.4. The van der Waals surface area contributed by atoms with Crippen LogP contribution in [0.1, 0.15) is 6.42 Å². The van der Waals surface area contributed by atoms with Crippen LogP contribution in [0.5, 0.6) is 0 Å². The molecule has 0 spiro atoms. The number of rotatable bonds is 2. The molecule has 3 nitrogen and oxygen atoms in total. The van der Waals surface area contributed by atoms with E-state index in [0.717, 1.165) is 11.1 Å². The number of aliphatic hydroxyl groups excluding tert-OH is 1. The van der Waals surface area contributed by atoms with E-state index < -0.39 is 0 Å². The van der Waals surface area contributed by atoms with Crippen LogP contribution in [-0.2, 0) is 4.79 Å². The maximum Gasteiger partial charge on any atom is 0.227 e. The lowest BCUT2D eigenvalue weighted by atomic mass is 10.1. The van der Waals surface area contributed by atoms with E-state index in [2.05, 4.69) is 6.07 Å². The molecular formula is C15H15NO2. The fourth-order valence-electron chi connectivity index (χ4n) is 2.50. The van der Waals surface area contributed by atoms with Crippen LogP contribution in [0, 0.1) is 5.92 Å². The normalized spacial score (nSPS) is 19.7. The SMILES string of the molecule is O=C1CC(CO)CN1c1ccc2ccccc2c1. The highest BCUT2D eigenvalue weighted by atomic mass is 16.3. The molecule has 1 aliphatic rings. The fraction of sp³-hybridized carbons (Fsp3) is 0.267. The molecule has 1 N–H and O–H groups in total. The highest BCUT2D eigenvalue weighted by Crippen LogP contribution is 2.27. The summed E-state index contributed by atoms with van der Waals surface area (Å²) >= 11 is 0. The Labute approximate surface area is 106 Å². The van der Waals surface area contributed by atoms with Crippen molar-refractivity contribution in [1.29, 1.82) is 0 Å². The van der Waals surface area contributed by atoms with Gasteiger partial charge in [0, 0.05) is 31.2 Å². The minimum atomic E-state index is 0.0731.